The Balaban J connectivity index is 2.58. The molecule has 0 aromatic carbocycles. The summed E-state index contributed by atoms with van der Waals surface area (Å²) in [5, 5.41) is 0. The minimum Gasteiger partial charge on any atom is -0.303 e. The Morgan fingerprint density at radius 3 is 2.73 bits per heavy atom. The molecule has 0 aliphatic heterocycles. The van der Waals surface area contributed by atoms with E-state index in [4.69, 9.17) is 0 Å². The largest absolute Gasteiger partial charge is 0.303 e. The van der Waals surface area contributed by atoms with E-state index in [9.17, 15) is 4.79 Å². The van der Waals surface area contributed by atoms with Gasteiger partial charge in [0.2, 0.25) is 0 Å². The van der Waals surface area contributed by atoms with Crippen LogP contribution in [0.3, 0.4) is 0 Å². The van der Waals surface area contributed by atoms with Crippen LogP contribution < -0.4 is 0 Å². The average molecular weight is 152 g/mol. The first-order chi connectivity index (χ1) is 5.10. The maximum Gasteiger partial charge on any atom is 0.120 e. The van der Waals surface area contributed by atoms with E-state index in [1.54, 1.807) is 0 Å². The maximum atomic E-state index is 10.4. The van der Waals surface area contributed by atoms with E-state index in [0.29, 0.717) is 12.3 Å². The lowest BCUT2D eigenvalue weighted by Crippen LogP contribution is -2.38. The molecule has 1 nitrogen and oxygen atoms in total. The van der Waals surface area contributed by atoms with Gasteiger partial charge in [-0.2, -0.15) is 0 Å². The van der Waals surface area contributed by atoms with Crippen molar-refractivity contribution in [2.24, 2.45) is 11.3 Å². The molecule has 1 heteroatoms. The topological polar surface area (TPSA) is 17.1 Å². The number of rotatable bonds is 3. The van der Waals surface area contributed by atoms with E-state index in [-0.39, 0.29) is 5.41 Å². The monoisotopic (exact) mass is 152 g/mol. The van der Waals surface area contributed by atoms with Crippen LogP contribution in [0.25, 0.3) is 0 Å². The first-order valence-electron chi connectivity index (χ1n) is 4.19. The second kappa shape index (κ2) is 2.80. The van der Waals surface area contributed by atoms with Crippen molar-refractivity contribution in [2.75, 3.05) is 0 Å². The summed E-state index contributed by atoms with van der Waals surface area (Å²) >= 11 is 0. The molecule has 1 aliphatic rings. The third-order valence-electron chi connectivity index (χ3n) is 2.99. The zero-order valence-electron chi connectivity index (χ0n) is 7.39. The van der Waals surface area contributed by atoms with Crippen LogP contribution >= 0.6 is 0 Å². The van der Waals surface area contributed by atoms with Crippen molar-refractivity contribution in [1.82, 2.24) is 0 Å². The highest BCUT2D eigenvalue weighted by Crippen LogP contribution is 2.51. The number of hydrogen-bond acceptors (Lipinski definition) is 1. The van der Waals surface area contributed by atoms with Crippen LogP contribution in [0.2, 0.25) is 0 Å². The van der Waals surface area contributed by atoms with Crippen molar-refractivity contribution in [2.45, 2.75) is 33.1 Å². The van der Waals surface area contributed by atoms with E-state index in [1.807, 2.05) is 0 Å². The summed E-state index contributed by atoms with van der Waals surface area (Å²) in [4.78, 5) is 10.4. The van der Waals surface area contributed by atoms with Gasteiger partial charge in [0, 0.05) is 6.42 Å². The van der Waals surface area contributed by atoms with Gasteiger partial charge >= 0.3 is 0 Å². The molecule has 11 heavy (non-hydrogen) atoms. The van der Waals surface area contributed by atoms with Crippen molar-refractivity contribution in [1.29, 1.82) is 0 Å². The molecule has 1 fully saturated rings. The molecule has 0 spiro atoms. The van der Waals surface area contributed by atoms with Gasteiger partial charge in [0.05, 0.1) is 0 Å². The van der Waals surface area contributed by atoms with Crippen LogP contribution in [0.15, 0.2) is 12.2 Å². The zero-order valence-corrected chi connectivity index (χ0v) is 7.39. The molecule has 0 aromatic heterocycles. The highest BCUT2D eigenvalue weighted by molar-refractivity contribution is 5.51. The maximum absolute atomic E-state index is 10.4. The summed E-state index contributed by atoms with van der Waals surface area (Å²) in [5.41, 5.74) is 1.48. The Morgan fingerprint density at radius 2 is 2.45 bits per heavy atom. The van der Waals surface area contributed by atoms with Crippen molar-refractivity contribution >= 4 is 6.29 Å². The van der Waals surface area contributed by atoms with Gasteiger partial charge in [-0.05, 0) is 31.1 Å². The van der Waals surface area contributed by atoms with Crippen LogP contribution in [0, 0.1) is 11.3 Å². The molecule has 0 amide bonds. The molecule has 0 bridgehead atoms. The van der Waals surface area contributed by atoms with Crippen molar-refractivity contribution < 1.29 is 4.79 Å². The van der Waals surface area contributed by atoms with Crippen LogP contribution in [0.4, 0.5) is 0 Å². The molecule has 0 radical (unpaired) electrons. The van der Waals surface area contributed by atoms with E-state index in [0.717, 1.165) is 6.29 Å². The van der Waals surface area contributed by atoms with Crippen molar-refractivity contribution in [3.63, 3.8) is 0 Å². The number of aldehydes is 1. The number of hydrogen-bond donors (Lipinski definition) is 0. The third-order valence-corrected chi connectivity index (χ3v) is 2.99. The Labute approximate surface area is 68.5 Å². The summed E-state index contributed by atoms with van der Waals surface area (Å²) in [7, 11) is 0. The van der Waals surface area contributed by atoms with E-state index in [1.165, 1.54) is 18.4 Å². The summed E-state index contributed by atoms with van der Waals surface area (Å²) in [6.45, 7) is 8.19. The standard InChI is InChI=1S/C10H16O/c1-8(2)9-4-5-10(9,3)6-7-11/h7,9H,1,4-6H2,2-3H3/t9-,10+/m1/s1. The normalized spacial score (nSPS) is 36.0. The fourth-order valence-electron chi connectivity index (χ4n) is 2.06. The average Bonchev–Trinajstić information content (AvgIpc) is 1.85. The van der Waals surface area contributed by atoms with E-state index in [2.05, 4.69) is 20.4 Å². The molecular weight excluding hydrogens is 136 g/mol. The minimum atomic E-state index is 0.244. The minimum absolute atomic E-state index is 0.244. The van der Waals surface area contributed by atoms with Gasteiger partial charge in [-0.3, -0.25) is 0 Å². The second-order valence-electron chi connectivity index (χ2n) is 3.96. The lowest BCUT2D eigenvalue weighted by molar-refractivity contribution is -0.111. The molecule has 0 N–H and O–H groups in total. The highest BCUT2D eigenvalue weighted by atomic mass is 16.1. The molecule has 1 aliphatic carbocycles. The first-order valence-corrected chi connectivity index (χ1v) is 4.19. The molecule has 1 rings (SSSR count). The highest BCUT2D eigenvalue weighted by Gasteiger charge is 2.42. The van der Waals surface area contributed by atoms with Gasteiger partial charge in [-0.25, -0.2) is 0 Å². The first kappa shape index (κ1) is 8.51. The molecule has 0 unspecified atom stereocenters. The van der Waals surface area contributed by atoms with Gasteiger partial charge in [-0.15, -0.1) is 0 Å². The number of carbonyl (C=O) groups excluding carboxylic acids is 1. The molecule has 0 saturated heterocycles. The fourth-order valence-corrected chi connectivity index (χ4v) is 2.06. The second-order valence-corrected chi connectivity index (χ2v) is 3.96. The summed E-state index contributed by atoms with van der Waals surface area (Å²) in [6.07, 6.45) is 4.14. The van der Waals surface area contributed by atoms with Crippen molar-refractivity contribution in [3.05, 3.63) is 12.2 Å². The van der Waals surface area contributed by atoms with Crippen LogP contribution in [0.1, 0.15) is 33.1 Å². The predicted octanol–water partition coefficient (Wildman–Crippen LogP) is 2.57. The lowest BCUT2D eigenvalue weighted by atomic mass is 9.58. The Morgan fingerprint density at radius 1 is 1.82 bits per heavy atom. The van der Waals surface area contributed by atoms with Crippen LogP contribution in [0.5, 0.6) is 0 Å². The van der Waals surface area contributed by atoms with E-state index >= 15 is 0 Å². The molecule has 2 atom stereocenters. The summed E-state index contributed by atoms with van der Waals surface area (Å²) in [6, 6.07) is 0. The van der Waals surface area contributed by atoms with Gasteiger partial charge < -0.3 is 4.79 Å². The molecule has 62 valence electrons. The molecule has 0 heterocycles. The van der Waals surface area contributed by atoms with Gasteiger partial charge in [0.1, 0.15) is 6.29 Å². The SMILES string of the molecule is C=C(C)[C@H]1CC[C@@]1(C)CC=O. The Kier molecular flexibility index (Phi) is 2.17. The van der Waals surface area contributed by atoms with Crippen LogP contribution in [-0.4, -0.2) is 6.29 Å². The molecule has 0 aromatic rings. The number of allylic oxidation sites excluding steroid dienone is 1. The fraction of sp³-hybridized carbons (Fsp3) is 0.700. The predicted molar refractivity (Wildman–Crippen MR) is 46.3 cm³/mol. The Hall–Kier alpha value is -0.590. The molecule has 1 saturated carbocycles. The number of carbonyl (C=O) groups is 1. The zero-order chi connectivity index (χ0) is 8.48. The van der Waals surface area contributed by atoms with Gasteiger partial charge in [-0.1, -0.05) is 19.1 Å². The lowest BCUT2D eigenvalue weighted by Gasteiger charge is -2.47. The summed E-state index contributed by atoms with van der Waals surface area (Å²) in [5.74, 6) is 0.590. The molecular formula is C10H16O. The van der Waals surface area contributed by atoms with Crippen LogP contribution in [-0.2, 0) is 4.79 Å². The third kappa shape index (κ3) is 1.37. The summed E-state index contributed by atoms with van der Waals surface area (Å²) < 4.78 is 0. The van der Waals surface area contributed by atoms with Gasteiger partial charge in [0.25, 0.3) is 0 Å². The van der Waals surface area contributed by atoms with Crippen molar-refractivity contribution in [3.8, 4) is 0 Å². The quantitative estimate of drug-likeness (QED) is 0.448. The Bertz CT molecular complexity index is 183. The smallest absolute Gasteiger partial charge is 0.120 e. The van der Waals surface area contributed by atoms with E-state index < -0.39 is 0 Å². The van der Waals surface area contributed by atoms with Gasteiger partial charge in [0.15, 0.2) is 0 Å².